The molecule has 0 unspecified atom stereocenters. The van der Waals surface area contributed by atoms with E-state index in [1.807, 2.05) is 37.3 Å². The van der Waals surface area contributed by atoms with Crippen molar-refractivity contribution < 1.29 is 13.2 Å². The molecule has 4 rings (SSSR count). The van der Waals surface area contributed by atoms with Gasteiger partial charge in [-0.2, -0.15) is 0 Å². The van der Waals surface area contributed by atoms with Crippen LogP contribution in [0, 0.1) is 6.92 Å². The van der Waals surface area contributed by atoms with Crippen molar-refractivity contribution in [2.45, 2.75) is 43.5 Å². The van der Waals surface area contributed by atoms with E-state index in [0.717, 1.165) is 41.2 Å². The summed E-state index contributed by atoms with van der Waals surface area (Å²) in [4.78, 5) is 14.7. The van der Waals surface area contributed by atoms with Crippen molar-refractivity contribution in [1.82, 2.24) is 14.9 Å². The van der Waals surface area contributed by atoms with E-state index >= 15 is 0 Å². The number of carbonyl (C=O) groups excluding carboxylic acids is 1. The summed E-state index contributed by atoms with van der Waals surface area (Å²) < 4.78 is 28.1. The van der Waals surface area contributed by atoms with Crippen molar-refractivity contribution in [2.24, 2.45) is 0 Å². The van der Waals surface area contributed by atoms with Crippen molar-refractivity contribution in [3.05, 3.63) is 65.2 Å². The van der Waals surface area contributed by atoms with Gasteiger partial charge in [-0.15, -0.1) is 10.2 Å². The molecule has 2 heterocycles. The van der Waals surface area contributed by atoms with Crippen LogP contribution in [0.4, 0.5) is 10.8 Å². The van der Waals surface area contributed by atoms with E-state index in [2.05, 4.69) is 25.1 Å². The number of hydrogen-bond donors (Lipinski definition) is 2. The first kappa shape index (κ1) is 23.3. The van der Waals surface area contributed by atoms with Gasteiger partial charge in [-0.25, -0.2) is 13.1 Å². The quantitative estimate of drug-likeness (QED) is 0.488. The number of amides is 1. The van der Waals surface area contributed by atoms with Gasteiger partial charge in [0.25, 0.3) is 15.9 Å². The Hall–Kier alpha value is -2.82. The lowest BCUT2D eigenvalue weighted by Crippen LogP contribution is -2.29. The summed E-state index contributed by atoms with van der Waals surface area (Å²) in [5, 5.41) is 10.3. The number of piperidine rings is 1. The first-order valence-corrected chi connectivity index (χ1v) is 13.2. The largest absolute Gasteiger partial charge is 0.372 e. The molecule has 3 aromatic rings. The summed E-state index contributed by atoms with van der Waals surface area (Å²) in [6.45, 7) is 5.79. The summed E-state index contributed by atoms with van der Waals surface area (Å²) in [7, 11) is -3.89. The van der Waals surface area contributed by atoms with Gasteiger partial charge in [0.15, 0.2) is 0 Å². The highest BCUT2D eigenvalue weighted by molar-refractivity contribution is 7.91. The van der Waals surface area contributed by atoms with E-state index in [9.17, 15) is 13.2 Å². The Morgan fingerprint density at radius 1 is 1.06 bits per heavy atom. The number of hydrogen-bond acceptors (Lipinski definition) is 7. The molecular weight excluding hydrogens is 458 g/mol. The molecule has 1 aromatic heterocycles. The second kappa shape index (κ2) is 9.98. The third kappa shape index (κ3) is 5.76. The minimum absolute atomic E-state index is 0.125. The Morgan fingerprint density at radius 3 is 2.48 bits per heavy atom. The number of benzene rings is 2. The zero-order valence-electron chi connectivity index (χ0n) is 18.6. The predicted octanol–water partition coefficient (Wildman–Crippen LogP) is 4.13. The fraction of sp³-hybridized carbons (Fsp3) is 0.348. The molecule has 8 nitrogen and oxygen atoms in total. The molecule has 0 spiro atoms. The smallest absolute Gasteiger partial charge is 0.270 e. The van der Waals surface area contributed by atoms with Gasteiger partial charge in [-0.05, 0) is 62.9 Å². The maximum absolute atomic E-state index is 12.8. The van der Waals surface area contributed by atoms with Crippen molar-refractivity contribution in [3.63, 3.8) is 0 Å². The first-order valence-electron chi connectivity index (χ1n) is 10.9. The zero-order valence-corrected chi connectivity index (χ0v) is 20.2. The lowest BCUT2D eigenvalue weighted by atomic mass is 10.1. The van der Waals surface area contributed by atoms with E-state index in [0.29, 0.717) is 5.56 Å². The molecule has 0 bridgehead atoms. The molecule has 1 saturated heterocycles. The number of rotatable bonds is 7. The predicted molar refractivity (Wildman–Crippen MR) is 130 cm³/mol. The van der Waals surface area contributed by atoms with E-state index in [-0.39, 0.29) is 15.4 Å². The van der Waals surface area contributed by atoms with Crippen LogP contribution in [0.25, 0.3) is 0 Å². The van der Waals surface area contributed by atoms with E-state index < -0.39 is 16.1 Å². The second-order valence-electron chi connectivity index (χ2n) is 8.18. The fourth-order valence-corrected chi connectivity index (χ4v) is 5.94. The molecule has 0 saturated carbocycles. The summed E-state index contributed by atoms with van der Waals surface area (Å²) in [6.07, 6.45) is 3.68. The molecule has 0 aliphatic carbocycles. The first-order chi connectivity index (χ1) is 15.8. The molecule has 33 heavy (non-hydrogen) atoms. The maximum atomic E-state index is 12.8. The van der Waals surface area contributed by atoms with Gasteiger partial charge >= 0.3 is 0 Å². The average molecular weight is 486 g/mol. The minimum atomic E-state index is -3.89. The average Bonchev–Trinajstić information content (AvgIpc) is 3.29. The monoisotopic (exact) mass is 485 g/mol. The number of anilines is 2. The number of aryl methyl sites for hydroxylation is 1. The topological polar surface area (TPSA) is 104 Å². The fourth-order valence-electron chi connectivity index (χ4n) is 3.80. The van der Waals surface area contributed by atoms with Crippen LogP contribution in [0.3, 0.4) is 0 Å². The number of sulfonamides is 1. The molecule has 1 aliphatic rings. The van der Waals surface area contributed by atoms with Crippen LogP contribution in [0.5, 0.6) is 0 Å². The summed E-state index contributed by atoms with van der Waals surface area (Å²) in [5.74, 6) is -0.367. The summed E-state index contributed by atoms with van der Waals surface area (Å²) in [6, 6.07) is 14.6. The van der Waals surface area contributed by atoms with Crippen molar-refractivity contribution >= 4 is 38.1 Å². The molecule has 1 atom stereocenters. The lowest BCUT2D eigenvalue weighted by molar-refractivity contribution is 0.102. The summed E-state index contributed by atoms with van der Waals surface area (Å²) >= 11 is 0.814. The Kier molecular flexibility index (Phi) is 7.06. The lowest BCUT2D eigenvalue weighted by Gasteiger charge is -2.29. The van der Waals surface area contributed by atoms with Gasteiger partial charge in [0.05, 0.1) is 0 Å². The number of aromatic nitrogens is 2. The highest BCUT2D eigenvalue weighted by Crippen LogP contribution is 2.25. The zero-order chi connectivity index (χ0) is 23.4. The van der Waals surface area contributed by atoms with Crippen molar-refractivity contribution in [1.29, 1.82) is 0 Å². The normalized spacial score (nSPS) is 15.3. The van der Waals surface area contributed by atoms with Gasteiger partial charge < -0.3 is 4.90 Å². The Labute approximate surface area is 198 Å². The maximum Gasteiger partial charge on any atom is 0.270 e. The van der Waals surface area contributed by atoms with E-state index in [4.69, 9.17) is 0 Å². The number of nitrogens with one attached hydrogen (secondary N) is 2. The molecule has 0 radical (unpaired) electrons. The molecular formula is C23H27N5O3S2. The molecule has 174 valence electrons. The van der Waals surface area contributed by atoms with Gasteiger partial charge in [-0.1, -0.05) is 41.2 Å². The van der Waals surface area contributed by atoms with Crippen molar-refractivity contribution in [2.75, 3.05) is 23.3 Å². The number of carbonyl (C=O) groups is 1. The van der Waals surface area contributed by atoms with Crippen LogP contribution in [0.2, 0.25) is 0 Å². The Bertz CT molecular complexity index is 1220. The SMILES string of the molecule is Cc1cccc(C(=O)Nc2nnc(S(=O)(=O)N[C@H](C)c3ccc(N4CCCCC4)cc3)s2)c1. The molecule has 2 aromatic carbocycles. The van der Waals surface area contributed by atoms with Crippen molar-refractivity contribution in [3.8, 4) is 0 Å². The Balaban J connectivity index is 1.40. The molecule has 10 heteroatoms. The van der Waals surface area contributed by atoms with Gasteiger partial charge in [0, 0.05) is 30.4 Å². The van der Waals surface area contributed by atoms with Gasteiger partial charge in [0.1, 0.15) is 0 Å². The second-order valence-corrected chi connectivity index (χ2v) is 11.0. The van der Waals surface area contributed by atoms with Crippen LogP contribution >= 0.6 is 11.3 Å². The van der Waals surface area contributed by atoms with Crippen LogP contribution in [-0.2, 0) is 10.0 Å². The highest BCUT2D eigenvalue weighted by atomic mass is 32.2. The third-order valence-corrected chi connectivity index (χ3v) is 8.33. The molecule has 2 N–H and O–H groups in total. The van der Waals surface area contributed by atoms with Crippen LogP contribution in [-0.4, -0.2) is 37.6 Å². The van der Waals surface area contributed by atoms with Gasteiger partial charge in [0.2, 0.25) is 9.47 Å². The van der Waals surface area contributed by atoms with Crippen LogP contribution < -0.4 is 14.9 Å². The van der Waals surface area contributed by atoms with E-state index in [1.165, 1.54) is 19.3 Å². The minimum Gasteiger partial charge on any atom is -0.372 e. The molecule has 1 amide bonds. The summed E-state index contributed by atoms with van der Waals surface area (Å²) in [5.41, 5.74) is 3.43. The molecule has 1 fully saturated rings. The van der Waals surface area contributed by atoms with Crippen LogP contribution in [0.1, 0.15) is 53.7 Å². The highest BCUT2D eigenvalue weighted by Gasteiger charge is 2.24. The van der Waals surface area contributed by atoms with Crippen LogP contribution in [0.15, 0.2) is 52.9 Å². The Morgan fingerprint density at radius 2 is 1.79 bits per heavy atom. The molecule has 1 aliphatic heterocycles. The standard InChI is InChI=1S/C23H27N5O3S2/c1-16-7-6-8-19(15-16)21(29)24-22-25-26-23(32-22)33(30,31)27-17(2)18-9-11-20(12-10-18)28-13-4-3-5-14-28/h6-12,15,17,27H,3-5,13-14H2,1-2H3,(H,24,25,29)/t17-/m1/s1. The third-order valence-electron chi connectivity index (χ3n) is 5.58. The van der Waals surface area contributed by atoms with E-state index in [1.54, 1.807) is 25.1 Å². The number of nitrogens with zero attached hydrogens (tertiary/aromatic N) is 3. The van der Waals surface area contributed by atoms with Gasteiger partial charge in [-0.3, -0.25) is 10.1 Å².